The first-order valence-corrected chi connectivity index (χ1v) is 11.9. The number of H-pyrrole nitrogens is 1. The number of benzene rings is 2. The number of rotatable bonds is 7. The summed E-state index contributed by atoms with van der Waals surface area (Å²) in [7, 11) is 3.19. The van der Waals surface area contributed by atoms with Gasteiger partial charge in [0, 0.05) is 59.4 Å². The molecule has 2 aromatic carbocycles. The third kappa shape index (κ3) is 4.58. The van der Waals surface area contributed by atoms with Crippen molar-refractivity contribution in [1.82, 2.24) is 9.97 Å². The van der Waals surface area contributed by atoms with Gasteiger partial charge in [-0.15, -0.1) is 0 Å². The summed E-state index contributed by atoms with van der Waals surface area (Å²) >= 11 is 0. The number of hydrogen-bond acceptors (Lipinski definition) is 6. The largest absolute Gasteiger partial charge is 0.493 e. The Morgan fingerprint density at radius 3 is 2.66 bits per heavy atom. The number of nitrogens with zero attached hydrogens (tertiary/aromatic N) is 2. The molecular formula is C28H30N4O3. The molecule has 1 aliphatic heterocycles. The van der Waals surface area contributed by atoms with Gasteiger partial charge in [-0.25, -0.2) is 4.98 Å². The molecule has 7 nitrogen and oxygen atoms in total. The summed E-state index contributed by atoms with van der Waals surface area (Å²) in [6.07, 6.45) is 13.5. The summed E-state index contributed by atoms with van der Waals surface area (Å²) < 4.78 is 10.7. The molecule has 1 aliphatic carbocycles. The van der Waals surface area contributed by atoms with Gasteiger partial charge in [0.15, 0.2) is 17.3 Å². The molecule has 1 fully saturated rings. The van der Waals surface area contributed by atoms with Crippen LogP contribution >= 0.6 is 0 Å². The number of aromatic amines is 1. The number of anilines is 1. The Bertz CT molecular complexity index is 1260. The molecule has 3 aromatic rings. The maximum absolute atomic E-state index is 13.4. The van der Waals surface area contributed by atoms with Crippen LogP contribution in [0.4, 0.5) is 5.69 Å². The summed E-state index contributed by atoms with van der Waals surface area (Å²) in [5.41, 5.74) is 5.00. The molecule has 2 N–H and O–H groups in total. The van der Waals surface area contributed by atoms with E-state index in [9.17, 15) is 4.79 Å². The zero-order valence-electron chi connectivity index (χ0n) is 20.1. The number of hydrogen-bond donors (Lipinski definition) is 2. The molecule has 0 atom stereocenters. The van der Waals surface area contributed by atoms with E-state index in [1.54, 1.807) is 38.9 Å². The third-order valence-corrected chi connectivity index (χ3v) is 7.33. The van der Waals surface area contributed by atoms with E-state index < -0.39 is 0 Å². The average molecular weight is 471 g/mol. The van der Waals surface area contributed by atoms with Crippen LogP contribution in [0.15, 0.2) is 66.3 Å². The smallest absolute Gasteiger partial charge is 0.166 e. The van der Waals surface area contributed by atoms with Crippen molar-refractivity contribution in [2.75, 3.05) is 19.5 Å². The lowest BCUT2D eigenvalue weighted by molar-refractivity contribution is 0.0857. The number of fused-ring (bicyclic) bond motifs is 1. The Labute approximate surface area is 205 Å². The van der Waals surface area contributed by atoms with Crippen LogP contribution in [-0.4, -0.2) is 36.2 Å². The highest BCUT2D eigenvalue weighted by Crippen LogP contribution is 2.45. The fourth-order valence-corrected chi connectivity index (χ4v) is 5.38. The van der Waals surface area contributed by atoms with Crippen molar-refractivity contribution >= 4 is 17.7 Å². The Balaban J connectivity index is 1.40. The van der Waals surface area contributed by atoms with Crippen LogP contribution in [0, 0.1) is 5.92 Å². The molecule has 0 radical (unpaired) electrons. The van der Waals surface area contributed by atoms with Crippen molar-refractivity contribution in [3.05, 3.63) is 83.7 Å². The first-order chi connectivity index (χ1) is 17.1. The highest BCUT2D eigenvalue weighted by molar-refractivity contribution is 5.98. The summed E-state index contributed by atoms with van der Waals surface area (Å²) in [6, 6.07) is 12.0. The van der Waals surface area contributed by atoms with Crippen LogP contribution in [0.3, 0.4) is 0 Å². The van der Waals surface area contributed by atoms with Crippen LogP contribution in [0.5, 0.6) is 11.5 Å². The molecule has 0 unspecified atom stereocenters. The molecule has 1 aromatic heterocycles. The maximum atomic E-state index is 13.4. The van der Waals surface area contributed by atoms with E-state index in [2.05, 4.69) is 38.5 Å². The van der Waals surface area contributed by atoms with Crippen molar-refractivity contribution in [1.29, 1.82) is 0 Å². The molecule has 35 heavy (non-hydrogen) atoms. The minimum Gasteiger partial charge on any atom is -0.493 e. The second-order valence-electron chi connectivity index (χ2n) is 9.27. The number of ether oxygens (including phenoxy) is 2. The van der Waals surface area contributed by atoms with E-state index >= 15 is 0 Å². The van der Waals surface area contributed by atoms with Crippen LogP contribution in [0.1, 0.15) is 52.9 Å². The number of imidazole rings is 1. The zero-order chi connectivity index (χ0) is 24.3. The molecule has 2 aliphatic rings. The molecule has 0 amide bonds. The summed E-state index contributed by atoms with van der Waals surface area (Å²) in [5.74, 6) is 1.36. The van der Waals surface area contributed by atoms with Crippen molar-refractivity contribution in [3.8, 4) is 11.5 Å². The quantitative estimate of drug-likeness (QED) is 0.458. The predicted molar refractivity (Wildman–Crippen MR) is 137 cm³/mol. The fraction of sp³-hybridized carbons (Fsp3) is 0.321. The van der Waals surface area contributed by atoms with Gasteiger partial charge < -0.3 is 19.8 Å². The minimum atomic E-state index is -0.0911. The second-order valence-corrected chi connectivity index (χ2v) is 9.27. The number of aliphatic imine (C=N–C) groups is 1. The number of aromatic nitrogens is 2. The lowest BCUT2D eigenvalue weighted by Gasteiger charge is -2.40. The lowest BCUT2D eigenvalue weighted by atomic mass is 9.63. The monoisotopic (exact) mass is 470 g/mol. The highest BCUT2D eigenvalue weighted by atomic mass is 16.5. The van der Waals surface area contributed by atoms with Crippen molar-refractivity contribution < 1.29 is 14.3 Å². The van der Waals surface area contributed by atoms with E-state index in [0.717, 1.165) is 49.0 Å². The van der Waals surface area contributed by atoms with E-state index in [0.29, 0.717) is 17.1 Å². The van der Waals surface area contributed by atoms with Gasteiger partial charge in [-0.2, -0.15) is 0 Å². The fourth-order valence-electron chi connectivity index (χ4n) is 5.38. The van der Waals surface area contributed by atoms with Gasteiger partial charge in [-0.1, -0.05) is 6.07 Å². The second kappa shape index (κ2) is 9.78. The summed E-state index contributed by atoms with van der Waals surface area (Å²) in [6.45, 7) is 0. The van der Waals surface area contributed by atoms with Crippen LogP contribution in [0.25, 0.3) is 0 Å². The van der Waals surface area contributed by atoms with Crippen LogP contribution < -0.4 is 14.8 Å². The Morgan fingerprint density at radius 2 is 1.91 bits per heavy atom. The van der Waals surface area contributed by atoms with Gasteiger partial charge >= 0.3 is 0 Å². The molecule has 5 rings (SSSR count). The van der Waals surface area contributed by atoms with Crippen LogP contribution in [0.2, 0.25) is 0 Å². The number of nitrogens with one attached hydrogen (secondary N) is 2. The summed E-state index contributed by atoms with van der Waals surface area (Å²) in [5, 5.41) is 3.28. The SMILES string of the molecule is COc1ccc(C(=O)C2CCC(Cc3c[nH]cn3)(c3ccc4c(c3)C=NC=CN4)CC2)cc1OC. The summed E-state index contributed by atoms with van der Waals surface area (Å²) in [4.78, 5) is 25.4. The van der Waals surface area contributed by atoms with E-state index in [1.165, 1.54) is 5.56 Å². The molecular weight excluding hydrogens is 440 g/mol. The highest BCUT2D eigenvalue weighted by Gasteiger charge is 2.40. The normalized spacial score (nSPS) is 21.0. The first-order valence-electron chi connectivity index (χ1n) is 11.9. The Kier molecular flexibility index (Phi) is 6.40. The number of methoxy groups -OCH3 is 2. The van der Waals surface area contributed by atoms with E-state index in [4.69, 9.17) is 9.47 Å². The molecule has 0 saturated heterocycles. The van der Waals surface area contributed by atoms with Gasteiger partial charge in [0.1, 0.15) is 0 Å². The standard InChI is InChI=1S/C28H30N4O3/c1-34-25-6-3-20(14-26(25)35-2)27(33)19-7-9-28(10-8-19,15-23-17-30-18-32-23)22-4-5-24-21(13-22)16-29-11-12-31-24/h3-6,11-14,16-19,31H,7-10,15H2,1-2H3,(H,30,32). The van der Waals surface area contributed by atoms with Gasteiger partial charge in [0.2, 0.25) is 0 Å². The van der Waals surface area contributed by atoms with Crippen molar-refractivity contribution in [2.24, 2.45) is 10.9 Å². The lowest BCUT2D eigenvalue weighted by Crippen LogP contribution is -2.36. The van der Waals surface area contributed by atoms with E-state index in [-0.39, 0.29) is 17.1 Å². The number of Topliss-reactive ketones (excluding diaryl/α,β-unsaturated/α-hetero) is 1. The molecule has 0 spiro atoms. The molecule has 2 heterocycles. The van der Waals surface area contributed by atoms with Crippen molar-refractivity contribution in [3.63, 3.8) is 0 Å². The maximum Gasteiger partial charge on any atom is 0.166 e. The van der Waals surface area contributed by atoms with Crippen LogP contribution in [-0.2, 0) is 11.8 Å². The van der Waals surface area contributed by atoms with Crippen molar-refractivity contribution in [2.45, 2.75) is 37.5 Å². The van der Waals surface area contributed by atoms with Gasteiger partial charge in [-0.3, -0.25) is 9.79 Å². The van der Waals surface area contributed by atoms with Gasteiger partial charge in [-0.05, 0) is 61.6 Å². The zero-order valence-corrected chi connectivity index (χ0v) is 20.1. The third-order valence-electron chi connectivity index (χ3n) is 7.33. The Morgan fingerprint density at radius 1 is 1.09 bits per heavy atom. The van der Waals surface area contributed by atoms with E-state index in [1.807, 2.05) is 24.7 Å². The molecule has 7 heteroatoms. The molecule has 0 bridgehead atoms. The Hall–Kier alpha value is -3.87. The predicted octanol–water partition coefficient (Wildman–Crippen LogP) is 5.30. The number of carbonyl (C=O) groups is 1. The average Bonchev–Trinajstić information content (AvgIpc) is 3.29. The number of carbonyl (C=O) groups excluding carboxylic acids is 1. The first kappa shape index (κ1) is 22.9. The van der Waals surface area contributed by atoms with Gasteiger partial charge in [0.25, 0.3) is 0 Å². The number of ketones is 1. The molecule has 1 saturated carbocycles. The topological polar surface area (TPSA) is 88.6 Å². The molecule has 180 valence electrons. The van der Waals surface area contributed by atoms with Gasteiger partial charge in [0.05, 0.1) is 26.2 Å². The minimum absolute atomic E-state index is 0.0198.